The lowest BCUT2D eigenvalue weighted by molar-refractivity contribution is -0.143. The molecule has 0 heterocycles. The Kier molecular flexibility index (Phi) is 11.2. The molecule has 0 saturated heterocycles. The summed E-state index contributed by atoms with van der Waals surface area (Å²) >= 11 is 0. The molecule has 0 aliphatic rings. The van der Waals surface area contributed by atoms with E-state index in [0.717, 1.165) is 0 Å². The van der Waals surface area contributed by atoms with E-state index in [1.54, 1.807) is 0 Å². The first-order valence-electron chi connectivity index (χ1n) is 4.87. The average molecular weight is 304 g/mol. The zero-order chi connectivity index (χ0) is 15.5. The molecule has 0 amide bonds. The van der Waals surface area contributed by atoms with Gasteiger partial charge in [-0.1, -0.05) is 0 Å². The molecule has 0 aromatic rings. The molecule has 0 bridgehead atoms. The molecule has 0 radical (unpaired) electrons. The molecular formula is C8H16O10S. The minimum Gasteiger partial charge on any atom is -0.481 e. The lowest BCUT2D eigenvalue weighted by Gasteiger charge is -2.04. The minimum atomic E-state index is -4.84. The lowest BCUT2D eigenvalue weighted by atomic mass is 10.3. The topological polar surface area (TPSA) is 179 Å². The van der Waals surface area contributed by atoms with Gasteiger partial charge in [0.05, 0.1) is 32.8 Å². The summed E-state index contributed by atoms with van der Waals surface area (Å²) in [4.78, 5) is 20.0. The molecule has 114 valence electrons. The Morgan fingerprint density at radius 3 is 1.63 bits per heavy atom. The summed E-state index contributed by atoms with van der Waals surface area (Å²) in [5.41, 5.74) is 0. The quantitative estimate of drug-likeness (QED) is 0.244. The summed E-state index contributed by atoms with van der Waals surface area (Å²) < 4.78 is 33.3. The van der Waals surface area contributed by atoms with Crippen molar-refractivity contribution in [3.8, 4) is 0 Å². The monoisotopic (exact) mass is 304 g/mol. The van der Waals surface area contributed by atoms with E-state index in [9.17, 15) is 18.0 Å². The molecule has 1 atom stereocenters. The highest BCUT2D eigenvalue weighted by atomic mass is 32.2. The molecule has 0 aromatic carbocycles. The second-order valence-corrected chi connectivity index (χ2v) is 4.60. The van der Waals surface area contributed by atoms with E-state index < -0.39 is 33.7 Å². The largest absolute Gasteiger partial charge is 0.481 e. The maximum atomic E-state index is 10.2. The zero-order valence-electron chi connectivity index (χ0n) is 9.80. The third-order valence-corrected chi connectivity index (χ3v) is 2.55. The van der Waals surface area contributed by atoms with Crippen LogP contribution in [0.3, 0.4) is 0 Å². The Bertz CT molecular complexity index is 358. The molecule has 0 aromatic heterocycles. The van der Waals surface area contributed by atoms with Crippen LogP contribution in [0.15, 0.2) is 0 Å². The molecular weight excluding hydrogens is 288 g/mol. The van der Waals surface area contributed by atoms with Crippen LogP contribution in [-0.2, 0) is 24.4 Å². The van der Waals surface area contributed by atoms with Crippen molar-refractivity contribution in [2.24, 2.45) is 0 Å². The second-order valence-electron chi connectivity index (χ2n) is 3.00. The van der Waals surface area contributed by atoms with Gasteiger partial charge < -0.3 is 25.2 Å². The van der Waals surface area contributed by atoms with E-state index in [1.165, 1.54) is 0 Å². The van der Waals surface area contributed by atoms with Crippen LogP contribution >= 0.6 is 0 Å². The van der Waals surface area contributed by atoms with Gasteiger partial charge >= 0.3 is 11.9 Å². The second kappa shape index (κ2) is 10.6. The summed E-state index contributed by atoms with van der Waals surface area (Å²) in [7, 11) is -4.84. The number of carbonyl (C=O) groups is 2. The van der Waals surface area contributed by atoms with Crippen molar-refractivity contribution in [1.29, 1.82) is 0 Å². The standard InChI is InChI=1S/C4H6O7S.C4H10O3/c5-3(6)1-2(4(7)8)12(9,10)11;5-1-3-7-4-2-6/h2H,1H2,(H,5,6)(H,7,8)(H,9,10,11);5-6H,1-4H2. The van der Waals surface area contributed by atoms with E-state index in [1.807, 2.05) is 0 Å². The van der Waals surface area contributed by atoms with Crippen LogP contribution in [0, 0.1) is 0 Å². The van der Waals surface area contributed by atoms with E-state index in [2.05, 4.69) is 4.74 Å². The van der Waals surface area contributed by atoms with Crippen LogP contribution in [0.4, 0.5) is 0 Å². The van der Waals surface area contributed by atoms with Crippen molar-refractivity contribution in [3.63, 3.8) is 0 Å². The van der Waals surface area contributed by atoms with Crippen molar-refractivity contribution < 1.29 is 47.7 Å². The van der Waals surface area contributed by atoms with Gasteiger partial charge in [0.25, 0.3) is 10.1 Å². The summed E-state index contributed by atoms with van der Waals surface area (Å²) in [5, 5.41) is 30.1. The number of aliphatic hydroxyl groups is 2. The van der Waals surface area contributed by atoms with Crippen molar-refractivity contribution >= 4 is 22.1 Å². The van der Waals surface area contributed by atoms with E-state index in [0.29, 0.717) is 13.2 Å². The van der Waals surface area contributed by atoms with Gasteiger partial charge in [-0.15, -0.1) is 0 Å². The number of rotatable bonds is 8. The molecule has 0 aliphatic heterocycles. The number of carboxylic acid groups (broad SMARTS) is 2. The van der Waals surface area contributed by atoms with Gasteiger partial charge in [-0.3, -0.25) is 14.1 Å². The molecule has 0 fully saturated rings. The molecule has 0 aliphatic carbocycles. The van der Waals surface area contributed by atoms with Crippen LogP contribution in [0.5, 0.6) is 0 Å². The molecule has 19 heavy (non-hydrogen) atoms. The Morgan fingerprint density at radius 1 is 1.05 bits per heavy atom. The van der Waals surface area contributed by atoms with Gasteiger partial charge in [0.15, 0.2) is 5.25 Å². The van der Waals surface area contributed by atoms with Gasteiger partial charge in [0, 0.05) is 0 Å². The zero-order valence-corrected chi connectivity index (χ0v) is 10.6. The van der Waals surface area contributed by atoms with Crippen LogP contribution in [-0.4, -0.2) is 77.0 Å². The van der Waals surface area contributed by atoms with E-state index >= 15 is 0 Å². The van der Waals surface area contributed by atoms with Crippen LogP contribution in [0.1, 0.15) is 6.42 Å². The summed E-state index contributed by atoms with van der Waals surface area (Å²) in [6.07, 6.45) is -1.16. The van der Waals surface area contributed by atoms with Gasteiger partial charge in [0.1, 0.15) is 0 Å². The van der Waals surface area contributed by atoms with Crippen molar-refractivity contribution in [3.05, 3.63) is 0 Å². The molecule has 1 unspecified atom stereocenters. The highest BCUT2D eigenvalue weighted by Crippen LogP contribution is 2.04. The highest BCUT2D eigenvalue weighted by Gasteiger charge is 2.33. The number of aliphatic carboxylic acids is 2. The van der Waals surface area contributed by atoms with Crippen LogP contribution in [0.25, 0.3) is 0 Å². The van der Waals surface area contributed by atoms with Gasteiger partial charge in [0.2, 0.25) is 0 Å². The number of carboxylic acids is 2. The van der Waals surface area contributed by atoms with Gasteiger partial charge in [-0.25, -0.2) is 0 Å². The number of aliphatic hydroxyl groups excluding tert-OH is 2. The SMILES string of the molecule is O=C(O)CC(C(=O)O)S(=O)(=O)O.OCCOCCO. The van der Waals surface area contributed by atoms with Gasteiger partial charge in [-0.2, -0.15) is 8.42 Å². The third-order valence-electron chi connectivity index (χ3n) is 1.47. The Balaban J connectivity index is 0. The van der Waals surface area contributed by atoms with Crippen LogP contribution in [0.2, 0.25) is 0 Å². The Morgan fingerprint density at radius 2 is 1.47 bits per heavy atom. The predicted octanol–water partition coefficient (Wildman–Crippen LogP) is -2.21. The molecule has 11 heteroatoms. The molecule has 10 nitrogen and oxygen atoms in total. The normalized spacial score (nSPS) is 12.2. The molecule has 0 rings (SSSR count). The fraction of sp³-hybridized carbons (Fsp3) is 0.750. The van der Waals surface area contributed by atoms with E-state index in [4.69, 9.17) is 25.0 Å². The maximum Gasteiger partial charge on any atom is 0.325 e. The minimum absolute atomic E-state index is 0.0278. The summed E-state index contributed by atoms with van der Waals surface area (Å²) in [5.74, 6) is -3.50. The molecule has 0 saturated carbocycles. The first-order chi connectivity index (χ1) is 8.66. The first kappa shape index (κ1) is 20.1. The lowest BCUT2D eigenvalue weighted by Crippen LogP contribution is -2.31. The highest BCUT2D eigenvalue weighted by molar-refractivity contribution is 7.87. The van der Waals surface area contributed by atoms with E-state index in [-0.39, 0.29) is 13.2 Å². The Hall–Kier alpha value is -1.27. The van der Waals surface area contributed by atoms with Crippen LogP contribution < -0.4 is 0 Å². The third kappa shape index (κ3) is 13.0. The molecule has 5 N–H and O–H groups in total. The molecule has 0 spiro atoms. The predicted molar refractivity (Wildman–Crippen MR) is 60.2 cm³/mol. The van der Waals surface area contributed by atoms with Crippen molar-refractivity contribution in [2.45, 2.75) is 11.7 Å². The number of hydrogen-bond acceptors (Lipinski definition) is 7. The Labute approximate surface area is 109 Å². The fourth-order valence-corrected chi connectivity index (χ4v) is 1.32. The summed E-state index contributed by atoms with van der Waals surface area (Å²) in [6.45, 7) is 0.696. The van der Waals surface area contributed by atoms with Gasteiger partial charge in [-0.05, 0) is 0 Å². The number of ether oxygens (including phenoxy) is 1. The summed E-state index contributed by atoms with van der Waals surface area (Å²) in [6, 6.07) is 0. The fourth-order valence-electron chi connectivity index (χ4n) is 0.710. The average Bonchev–Trinajstić information content (AvgIpc) is 2.25. The van der Waals surface area contributed by atoms with Crippen molar-refractivity contribution in [2.75, 3.05) is 26.4 Å². The first-order valence-corrected chi connectivity index (χ1v) is 6.37. The number of hydrogen-bond donors (Lipinski definition) is 5. The smallest absolute Gasteiger partial charge is 0.325 e. The maximum absolute atomic E-state index is 10.2. The van der Waals surface area contributed by atoms with Crippen molar-refractivity contribution in [1.82, 2.24) is 0 Å².